The number of nitrogens with one attached hydrogen (secondary N) is 1. The van der Waals surface area contributed by atoms with E-state index in [0.717, 1.165) is 0 Å². The van der Waals surface area contributed by atoms with Crippen LogP contribution in [0.25, 0.3) is 0 Å². The Balaban J connectivity index is 2.03. The SMILES string of the molecule is CC(O)(CNC(=O)c1cccnc1Cl)c1ccco1. The lowest BCUT2D eigenvalue weighted by Gasteiger charge is -2.21. The topological polar surface area (TPSA) is 75.4 Å². The molecule has 0 bridgehead atoms. The summed E-state index contributed by atoms with van der Waals surface area (Å²) in [6, 6.07) is 6.49. The predicted molar refractivity (Wildman–Crippen MR) is 69.9 cm³/mol. The van der Waals surface area contributed by atoms with E-state index in [0.29, 0.717) is 5.76 Å². The fraction of sp³-hybridized carbons (Fsp3) is 0.231. The molecule has 0 radical (unpaired) electrons. The lowest BCUT2D eigenvalue weighted by atomic mass is 10.0. The van der Waals surface area contributed by atoms with Gasteiger partial charge in [-0.15, -0.1) is 0 Å². The number of rotatable bonds is 4. The van der Waals surface area contributed by atoms with E-state index >= 15 is 0 Å². The van der Waals surface area contributed by atoms with Crippen LogP contribution < -0.4 is 5.32 Å². The second-order valence-corrected chi connectivity index (χ2v) is 4.63. The van der Waals surface area contributed by atoms with Crippen LogP contribution in [0.15, 0.2) is 41.1 Å². The largest absolute Gasteiger partial charge is 0.466 e. The highest BCUT2D eigenvalue weighted by Crippen LogP contribution is 2.20. The van der Waals surface area contributed by atoms with Crippen LogP contribution >= 0.6 is 11.6 Å². The Morgan fingerprint density at radius 1 is 1.53 bits per heavy atom. The normalized spacial score (nSPS) is 13.8. The number of carbonyl (C=O) groups is 1. The van der Waals surface area contributed by atoms with Gasteiger partial charge in [-0.2, -0.15) is 0 Å². The molecule has 0 aliphatic heterocycles. The summed E-state index contributed by atoms with van der Waals surface area (Å²) in [6.45, 7) is 1.56. The minimum absolute atomic E-state index is 0.00453. The monoisotopic (exact) mass is 280 g/mol. The highest BCUT2D eigenvalue weighted by atomic mass is 35.5. The molecule has 100 valence electrons. The van der Waals surface area contributed by atoms with Crippen LogP contribution in [0.5, 0.6) is 0 Å². The van der Waals surface area contributed by atoms with Gasteiger partial charge in [-0.3, -0.25) is 4.79 Å². The Labute approximate surface area is 115 Å². The highest BCUT2D eigenvalue weighted by molar-refractivity contribution is 6.32. The molecule has 2 aromatic heterocycles. The van der Waals surface area contributed by atoms with Crippen molar-refractivity contribution in [2.45, 2.75) is 12.5 Å². The standard InChI is InChI=1S/C13H13ClN2O3/c1-13(18,10-5-3-7-19-10)8-16-12(17)9-4-2-6-15-11(9)14/h2-7,18H,8H2,1H3,(H,16,17). The van der Waals surface area contributed by atoms with Crippen LogP contribution in [0, 0.1) is 0 Å². The average molecular weight is 281 g/mol. The maximum absolute atomic E-state index is 11.9. The van der Waals surface area contributed by atoms with Crippen molar-refractivity contribution in [2.24, 2.45) is 0 Å². The van der Waals surface area contributed by atoms with Crippen molar-refractivity contribution in [1.29, 1.82) is 0 Å². The molecule has 0 spiro atoms. The van der Waals surface area contributed by atoms with E-state index < -0.39 is 11.5 Å². The van der Waals surface area contributed by atoms with Crippen LogP contribution in [0.2, 0.25) is 5.15 Å². The van der Waals surface area contributed by atoms with Gasteiger partial charge in [0.15, 0.2) is 0 Å². The van der Waals surface area contributed by atoms with Gasteiger partial charge >= 0.3 is 0 Å². The quantitative estimate of drug-likeness (QED) is 0.840. The first-order chi connectivity index (χ1) is 9.00. The second kappa shape index (κ2) is 5.42. The van der Waals surface area contributed by atoms with E-state index in [1.165, 1.54) is 12.5 Å². The molecule has 2 N–H and O–H groups in total. The molecule has 2 heterocycles. The van der Waals surface area contributed by atoms with Crippen molar-refractivity contribution < 1.29 is 14.3 Å². The zero-order chi connectivity index (χ0) is 13.9. The number of halogens is 1. The van der Waals surface area contributed by atoms with Crippen LogP contribution in [0.4, 0.5) is 0 Å². The van der Waals surface area contributed by atoms with Crippen molar-refractivity contribution >= 4 is 17.5 Å². The highest BCUT2D eigenvalue weighted by Gasteiger charge is 2.27. The maximum atomic E-state index is 11.9. The van der Waals surface area contributed by atoms with Gasteiger partial charge < -0.3 is 14.8 Å². The van der Waals surface area contributed by atoms with E-state index in [2.05, 4.69) is 10.3 Å². The van der Waals surface area contributed by atoms with Gasteiger partial charge in [-0.25, -0.2) is 4.98 Å². The summed E-state index contributed by atoms with van der Waals surface area (Å²) in [6.07, 6.45) is 2.96. The first kappa shape index (κ1) is 13.6. The molecule has 1 unspecified atom stereocenters. The fourth-order valence-corrected chi connectivity index (χ4v) is 1.78. The third-order valence-corrected chi connectivity index (χ3v) is 2.95. The first-order valence-electron chi connectivity index (χ1n) is 5.66. The molecule has 2 rings (SSSR count). The van der Waals surface area contributed by atoms with Crippen molar-refractivity contribution in [3.8, 4) is 0 Å². The summed E-state index contributed by atoms with van der Waals surface area (Å²) in [4.78, 5) is 15.7. The summed E-state index contributed by atoms with van der Waals surface area (Å²) >= 11 is 5.82. The molecule has 0 aliphatic carbocycles. The van der Waals surface area contributed by atoms with Crippen LogP contribution in [0.1, 0.15) is 23.0 Å². The maximum Gasteiger partial charge on any atom is 0.254 e. The smallest absolute Gasteiger partial charge is 0.254 e. The zero-order valence-electron chi connectivity index (χ0n) is 10.3. The fourth-order valence-electron chi connectivity index (χ4n) is 1.58. The summed E-state index contributed by atoms with van der Waals surface area (Å²) < 4.78 is 5.12. The second-order valence-electron chi connectivity index (χ2n) is 4.28. The number of aliphatic hydroxyl groups is 1. The number of hydrogen-bond acceptors (Lipinski definition) is 4. The number of aromatic nitrogens is 1. The summed E-state index contributed by atoms with van der Waals surface area (Å²) in [5.74, 6) is -0.0185. The van der Waals surface area contributed by atoms with E-state index in [1.807, 2.05) is 0 Å². The average Bonchev–Trinajstić information content (AvgIpc) is 2.91. The van der Waals surface area contributed by atoms with Gasteiger partial charge in [-0.1, -0.05) is 11.6 Å². The Bertz CT molecular complexity index is 567. The Morgan fingerprint density at radius 3 is 2.95 bits per heavy atom. The minimum atomic E-state index is -1.28. The number of carbonyl (C=O) groups excluding carboxylic acids is 1. The molecule has 0 aromatic carbocycles. The molecule has 0 fully saturated rings. The van der Waals surface area contributed by atoms with Gasteiger partial charge in [0.25, 0.3) is 5.91 Å². The van der Waals surface area contributed by atoms with E-state index in [9.17, 15) is 9.90 Å². The van der Waals surface area contributed by atoms with Gasteiger partial charge in [-0.05, 0) is 31.2 Å². The molecule has 19 heavy (non-hydrogen) atoms. The number of furan rings is 1. The van der Waals surface area contributed by atoms with Crippen LogP contribution in [0.3, 0.4) is 0 Å². The Kier molecular flexibility index (Phi) is 3.87. The van der Waals surface area contributed by atoms with Crippen molar-refractivity contribution in [3.05, 3.63) is 53.2 Å². The molecule has 2 aromatic rings. The predicted octanol–water partition coefficient (Wildman–Crippen LogP) is 1.97. The number of hydrogen-bond donors (Lipinski definition) is 2. The molecule has 1 amide bonds. The van der Waals surface area contributed by atoms with Gasteiger partial charge in [0.2, 0.25) is 0 Å². The molecule has 0 saturated heterocycles. The summed E-state index contributed by atoms with van der Waals surface area (Å²) in [5, 5.41) is 12.9. The third-order valence-electron chi connectivity index (χ3n) is 2.65. The Morgan fingerprint density at radius 2 is 2.32 bits per heavy atom. The van der Waals surface area contributed by atoms with Crippen LogP contribution in [-0.2, 0) is 5.60 Å². The Hall–Kier alpha value is -1.85. The van der Waals surface area contributed by atoms with Crippen molar-refractivity contribution in [3.63, 3.8) is 0 Å². The minimum Gasteiger partial charge on any atom is -0.466 e. The van der Waals surface area contributed by atoms with Crippen molar-refractivity contribution in [2.75, 3.05) is 6.54 Å². The lowest BCUT2D eigenvalue weighted by Crippen LogP contribution is -2.38. The lowest BCUT2D eigenvalue weighted by molar-refractivity contribution is 0.0330. The third kappa shape index (κ3) is 3.13. The molecule has 0 saturated carbocycles. The van der Waals surface area contributed by atoms with Gasteiger partial charge in [0.1, 0.15) is 16.5 Å². The summed E-state index contributed by atoms with van der Waals surface area (Å²) in [5.41, 5.74) is -1.02. The number of pyridine rings is 1. The van der Waals surface area contributed by atoms with E-state index in [4.69, 9.17) is 16.0 Å². The van der Waals surface area contributed by atoms with E-state index in [1.54, 1.807) is 31.2 Å². The van der Waals surface area contributed by atoms with Crippen LogP contribution in [-0.4, -0.2) is 22.5 Å². The number of nitrogens with zero attached hydrogens (tertiary/aromatic N) is 1. The molecular weight excluding hydrogens is 268 g/mol. The zero-order valence-corrected chi connectivity index (χ0v) is 11.0. The number of amides is 1. The van der Waals surface area contributed by atoms with Gasteiger partial charge in [0.05, 0.1) is 18.4 Å². The van der Waals surface area contributed by atoms with Gasteiger partial charge in [0, 0.05) is 6.20 Å². The first-order valence-corrected chi connectivity index (χ1v) is 6.03. The molecule has 6 heteroatoms. The molecular formula is C13H13ClN2O3. The summed E-state index contributed by atoms with van der Waals surface area (Å²) in [7, 11) is 0. The molecule has 0 aliphatic rings. The molecule has 5 nitrogen and oxygen atoms in total. The van der Waals surface area contributed by atoms with E-state index in [-0.39, 0.29) is 17.3 Å². The van der Waals surface area contributed by atoms with Crippen molar-refractivity contribution in [1.82, 2.24) is 10.3 Å². The molecule has 1 atom stereocenters.